The zero-order valence-electron chi connectivity index (χ0n) is 10.2. The van der Waals surface area contributed by atoms with E-state index in [2.05, 4.69) is 5.32 Å². The van der Waals surface area contributed by atoms with E-state index in [1.807, 2.05) is 19.1 Å². The topological polar surface area (TPSA) is 64.4 Å². The van der Waals surface area contributed by atoms with Gasteiger partial charge in [0.25, 0.3) is 5.91 Å². The van der Waals surface area contributed by atoms with E-state index in [-0.39, 0.29) is 5.91 Å². The van der Waals surface area contributed by atoms with Crippen molar-refractivity contribution in [1.82, 2.24) is 5.32 Å². The quantitative estimate of drug-likeness (QED) is 0.465. The number of anilines is 1. The van der Waals surface area contributed by atoms with E-state index in [4.69, 9.17) is 10.5 Å². The lowest BCUT2D eigenvalue weighted by molar-refractivity contribution is 0.0951. The summed E-state index contributed by atoms with van der Waals surface area (Å²) in [7, 11) is 1.50. The lowest BCUT2D eigenvalue weighted by Gasteiger charge is -2.10. The highest BCUT2D eigenvalue weighted by molar-refractivity contribution is 5.98. The van der Waals surface area contributed by atoms with Crippen molar-refractivity contribution in [3.8, 4) is 5.75 Å². The third-order valence-electron chi connectivity index (χ3n) is 2.33. The zero-order chi connectivity index (χ0) is 12.7. The molecule has 17 heavy (non-hydrogen) atoms. The van der Waals surface area contributed by atoms with E-state index in [0.717, 1.165) is 6.42 Å². The number of nitrogens with two attached hydrogens (primary N) is 1. The van der Waals surface area contributed by atoms with Crippen LogP contribution in [0.3, 0.4) is 0 Å². The molecule has 0 aliphatic heterocycles. The summed E-state index contributed by atoms with van der Waals surface area (Å²) in [6, 6.07) is 5.13. The summed E-state index contributed by atoms with van der Waals surface area (Å²) < 4.78 is 5.12. The summed E-state index contributed by atoms with van der Waals surface area (Å²) in [4.78, 5) is 11.9. The number of nitrogen functional groups attached to an aromatic ring is 1. The number of carbonyl (C=O) groups excluding carboxylic acids is 1. The Kier molecular flexibility index (Phi) is 5.07. The zero-order valence-corrected chi connectivity index (χ0v) is 10.2. The maximum absolute atomic E-state index is 11.9. The fraction of sp³-hybridized carbons (Fsp3) is 0.308. The molecule has 92 valence electrons. The van der Waals surface area contributed by atoms with Crippen molar-refractivity contribution in [3.05, 3.63) is 35.9 Å². The first-order chi connectivity index (χ1) is 8.20. The molecule has 0 spiro atoms. The average molecular weight is 234 g/mol. The first-order valence-electron chi connectivity index (χ1n) is 5.52. The molecule has 0 heterocycles. The summed E-state index contributed by atoms with van der Waals surface area (Å²) in [6.45, 7) is 2.55. The molecule has 4 heteroatoms. The van der Waals surface area contributed by atoms with Gasteiger partial charge in [-0.15, -0.1) is 0 Å². The van der Waals surface area contributed by atoms with Crippen molar-refractivity contribution < 1.29 is 9.53 Å². The number of nitrogens with one attached hydrogen (secondary N) is 1. The Balaban J connectivity index is 2.71. The van der Waals surface area contributed by atoms with Crippen molar-refractivity contribution in [3.63, 3.8) is 0 Å². The van der Waals surface area contributed by atoms with Crippen LogP contribution in [-0.4, -0.2) is 19.6 Å². The molecule has 0 saturated carbocycles. The van der Waals surface area contributed by atoms with Crippen LogP contribution in [0.2, 0.25) is 0 Å². The Morgan fingerprint density at radius 3 is 2.94 bits per heavy atom. The number of carbonyl (C=O) groups is 1. The average Bonchev–Trinajstić information content (AvgIpc) is 2.34. The maximum Gasteiger partial charge on any atom is 0.255 e. The second-order valence-electron chi connectivity index (χ2n) is 3.54. The fourth-order valence-corrected chi connectivity index (χ4v) is 1.49. The van der Waals surface area contributed by atoms with Crippen molar-refractivity contribution in [2.75, 3.05) is 19.4 Å². The van der Waals surface area contributed by atoms with Crippen LogP contribution in [-0.2, 0) is 0 Å². The molecule has 0 aliphatic carbocycles. The van der Waals surface area contributed by atoms with Gasteiger partial charge >= 0.3 is 0 Å². The van der Waals surface area contributed by atoms with Gasteiger partial charge in [0.2, 0.25) is 0 Å². The molecular weight excluding hydrogens is 216 g/mol. The van der Waals surface area contributed by atoms with Gasteiger partial charge in [-0.1, -0.05) is 18.2 Å². The predicted octanol–water partition coefficient (Wildman–Crippen LogP) is 1.97. The number of amides is 1. The molecule has 3 N–H and O–H groups in total. The highest BCUT2D eigenvalue weighted by atomic mass is 16.5. The Morgan fingerprint density at radius 2 is 2.29 bits per heavy atom. The maximum atomic E-state index is 11.9. The number of hydrogen-bond donors (Lipinski definition) is 2. The van der Waals surface area contributed by atoms with E-state index in [1.54, 1.807) is 18.2 Å². The molecule has 1 aromatic rings. The minimum absolute atomic E-state index is 0.168. The lowest BCUT2D eigenvalue weighted by atomic mass is 10.1. The minimum Gasteiger partial charge on any atom is -0.494 e. The molecule has 0 radical (unpaired) electrons. The van der Waals surface area contributed by atoms with Crippen molar-refractivity contribution >= 4 is 11.6 Å². The van der Waals surface area contributed by atoms with Crippen LogP contribution in [0, 0.1) is 0 Å². The van der Waals surface area contributed by atoms with Crippen molar-refractivity contribution in [1.29, 1.82) is 0 Å². The summed E-state index contributed by atoms with van der Waals surface area (Å²) in [6.07, 6.45) is 4.76. The second-order valence-corrected chi connectivity index (χ2v) is 3.54. The molecule has 0 aliphatic rings. The number of methoxy groups -OCH3 is 1. The lowest BCUT2D eigenvalue weighted by Crippen LogP contribution is -2.24. The highest BCUT2D eigenvalue weighted by Crippen LogP contribution is 2.25. The van der Waals surface area contributed by atoms with Gasteiger partial charge in [-0.25, -0.2) is 0 Å². The molecule has 0 bridgehead atoms. The standard InChI is InChI=1S/C13H18N2O2/c1-3-4-5-9-15-13(16)10-7-6-8-11(14)12(10)17-2/h3-4,6-8H,5,9,14H2,1-2H3,(H,15,16)/b4-3+. The van der Waals surface area contributed by atoms with Crippen LogP contribution in [0.5, 0.6) is 5.75 Å². The molecule has 0 saturated heterocycles. The summed E-state index contributed by atoms with van der Waals surface area (Å²) in [5.41, 5.74) is 6.66. The number of para-hydroxylation sites is 1. The fourth-order valence-electron chi connectivity index (χ4n) is 1.49. The van der Waals surface area contributed by atoms with Crippen LogP contribution < -0.4 is 15.8 Å². The predicted molar refractivity (Wildman–Crippen MR) is 69.2 cm³/mol. The summed E-state index contributed by atoms with van der Waals surface area (Å²) in [5.74, 6) is 0.259. The van der Waals surface area contributed by atoms with E-state index in [1.165, 1.54) is 7.11 Å². The van der Waals surface area contributed by atoms with Gasteiger partial charge in [0.1, 0.15) is 0 Å². The normalized spacial score (nSPS) is 10.5. The SMILES string of the molecule is C/C=C/CCNC(=O)c1cccc(N)c1OC. The first-order valence-corrected chi connectivity index (χ1v) is 5.52. The van der Waals surface area contributed by atoms with Gasteiger partial charge in [-0.2, -0.15) is 0 Å². The number of ether oxygens (including phenoxy) is 1. The van der Waals surface area contributed by atoms with E-state index >= 15 is 0 Å². The van der Waals surface area contributed by atoms with Gasteiger partial charge in [0.05, 0.1) is 18.4 Å². The van der Waals surface area contributed by atoms with Gasteiger partial charge in [0, 0.05) is 6.54 Å². The molecule has 0 atom stereocenters. The largest absolute Gasteiger partial charge is 0.494 e. The summed E-state index contributed by atoms with van der Waals surface area (Å²) >= 11 is 0. The van der Waals surface area contributed by atoms with Crippen LogP contribution in [0.4, 0.5) is 5.69 Å². The molecular formula is C13H18N2O2. The van der Waals surface area contributed by atoms with Gasteiger partial charge < -0.3 is 15.8 Å². The molecule has 1 rings (SSSR count). The number of rotatable bonds is 5. The number of hydrogen-bond acceptors (Lipinski definition) is 3. The van der Waals surface area contributed by atoms with Crippen molar-refractivity contribution in [2.45, 2.75) is 13.3 Å². The Labute approximate surface area is 101 Å². The molecule has 0 unspecified atom stereocenters. The van der Waals surface area contributed by atoms with Crippen LogP contribution in [0.15, 0.2) is 30.4 Å². The third-order valence-corrected chi connectivity index (χ3v) is 2.33. The molecule has 4 nitrogen and oxygen atoms in total. The smallest absolute Gasteiger partial charge is 0.255 e. The molecule has 0 fully saturated rings. The van der Waals surface area contributed by atoms with Crippen LogP contribution in [0.1, 0.15) is 23.7 Å². The number of benzene rings is 1. The van der Waals surface area contributed by atoms with Gasteiger partial charge in [0.15, 0.2) is 5.75 Å². The molecule has 0 aromatic heterocycles. The highest BCUT2D eigenvalue weighted by Gasteiger charge is 2.13. The molecule has 1 amide bonds. The minimum atomic E-state index is -0.168. The van der Waals surface area contributed by atoms with Crippen molar-refractivity contribution in [2.24, 2.45) is 0 Å². The first kappa shape index (κ1) is 13.1. The summed E-state index contributed by atoms with van der Waals surface area (Å²) in [5, 5.41) is 2.81. The van der Waals surface area contributed by atoms with E-state index in [9.17, 15) is 4.79 Å². The molecule has 1 aromatic carbocycles. The van der Waals surface area contributed by atoms with E-state index < -0.39 is 0 Å². The Bertz CT molecular complexity index is 414. The third kappa shape index (κ3) is 3.52. The van der Waals surface area contributed by atoms with Gasteiger partial charge in [-0.05, 0) is 25.5 Å². The van der Waals surface area contributed by atoms with Crippen LogP contribution >= 0.6 is 0 Å². The monoisotopic (exact) mass is 234 g/mol. The van der Waals surface area contributed by atoms with Gasteiger partial charge in [-0.3, -0.25) is 4.79 Å². The second kappa shape index (κ2) is 6.58. The van der Waals surface area contributed by atoms with Crippen LogP contribution in [0.25, 0.3) is 0 Å². The number of allylic oxidation sites excluding steroid dienone is 1. The van der Waals surface area contributed by atoms with E-state index in [0.29, 0.717) is 23.5 Å². The Hall–Kier alpha value is -1.97. The Morgan fingerprint density at radius 1 is 1.53 bits per heavy atom.